The number of unbranched alkanes of at least 4 members (excludes halogenated alkanes) is 2. The number of rotatable bonds is 6. The Morgan fingerprint density at radius 1 is 1.42 bits per heavy atom. The van der Waals surface area contributed by atoms with E-state index in [1.807, 2.05) is 0 Å². The minimum absolute atomic E-state index is 0.784. The van der Waals surface area contributed by atoms with E-state index < -0.39 is 0 Å². The quantitative estimate of drug-likeness (QED) is 0.615. The van der Waals surface area contributed by atoms with E-state index in [1.165, 1.54) is 32.2 Å². The summed E-state index contributed by atoms with van der Waals surface area (Å²) >= 11 is 0. The SMILES string of the molecule is CCCCCOC[C@H]1CCNC1. The molecule has 0 aromatic rings. The zero-order valence-corrected chi connectivity index (χ0v) is 8.14. The lowest BCUT2D eigenvalue weighted by atomic mass is 10.1. The molecular weight excluding hydrogens is 150 g/mol. The van der Waals surface area contributed by atoms with Crippen molar-refractivity contribution in [3.63, 3.8) is 0 Å². The summed E-state index contributed by atoms with van der Waals surface area (Å²) in [7, 11) is 0. The van der Waals surface area contributed by atoms with E-state index >= 15 is 0 Å². The lowest BCUT2D eigenvalue weighted by Gasteiger charge is -2.08. The Hall–Kier alpha value is -0.0800. The minimum Gasteiger partial charge on any atom is -0.381 e. The molecule has 0 amide bonds. The van der Waals surface area contributed by atoms with E-state index in [0.29, 0.717) is 0 Å². The van der Waals surface area contributed by atoms with Gasteiger partial charge in [-0.25, -0.2) is 0 Å². The first-order chi connectivity index (χ1) is 5.93. The molecule has 2 nitrogen and oxygen atoms in total. The summed E-state index contributed by atoms with van der Waals surface area (Å²) in [5, 5.41) is 3.34. The Morgan fingerprint density at radius 3 is 3.00 bits per heavy atom. The van der Waals surface area contributed by atoms with Crippen LogP contribution in [0.2, 0.25) is 0 Å². The van der Waals surface area contributed by atoms with Gasteiger partial charge in [0.1, 0.15) is 0 Å². The fourth-order valence-corrected chi connectivity index (χ4v) is 1.56. The molecule has 0 radical (unpaired) electrons. The molecule has 1 aliphatic heterocycles. The third-order valence-corrected chi connectivity index (χ3v) is 2.41. The lowest BCUT2D eigenvalue weighted by molar-refractivity contribution is 0.102. The van der Waals surface area contributed by atoms with Gasteiger partial charge in [-0.3, -0.25) is 0 Å². The van der Waals surface area contributed by atoms with Crippen molar-refractivity contribution in [1.29, 1.82) is 0 Å². The van der Waals surface area contributed by atoms with Crippen molar-refractivity contribution >= 4 is 0 Å². The molecule has 1 rings (SSSR count). The van der Waals surface area contributed by atoms with E-state index in [-0.39, 0.29) is 0 Å². The van der Waals surface area contributed by atoms with Crippen molar-refractivity contribution in [2.45, 2.75) is 32.6 Å². The molecule has 1 N–H and O–H groups in total. The summed E-state index contributed by atoms with van der Waals surface area (Å²) in [6.45, 7) is 6.50. The molecule has 1 heterocycles. The van der Waals surface area contributed by atoms with Gasteiger partial charge in [-0.15, -0.1) is 0 Å². The van der Waals surface area contributed by atoms with Crippen LogP contribution >= 0.6 is 0 Å². The van der Waals surface area contributed by atoms with E-state index in [0.717, 1.165) is 25.7 Å². The molecule has 1 aliphatic rings. The van der Waals surface area contributed by atoms with Crippen LogP contribution in [0.5, 0.6) is 0 Å². The summed E-state index contributed by atoms with van der Waals surface area (Å²) in [6, 6.07) is 0. The Balaban J connectivity index is 1.81. The zero-order chi connectivity index (χ0) is 8.65. The lowest BCUT2D eigenvalue weighted by Crippen LogP contribution is -2.14. The van der Waals surface area contributed by atoms with Gasteiger partial charge in [0.2, 0.25) is 0 Å². The number of nitrogens with one attached hydrogen (secondary N) is 1. The second-order valence-electron chi connectivity index (χ2n) is 3.64. The summed E-state index contributed by atoms with van der Waals surface area (Å²) in [5.74, 6) is 0.784. The van der Waals surface area contributed by atoms with Crippen molar-refractivity contribution in [3.05, 3.63) is 0 Å². The molecule has 1 atom stereocenters. The maximum atomic E-state index is 5.58. The summed E-state index contributed by atoms with van der Waals surface area (Å²) in [5.41, 5.74) is 0. The highest BCUT2D eigenvalue weighted by atomic mass is 16.5. The predicted molar refractivity (Wildman–Crippen MR) is 51.3 cm³/mol. The van der Waals surface area contributed by atoms with Crippen LogP contribution in [-0.4, -0.2) is 26.3 Å². The van der Waals surface area contributed by atoms with Crippen molar-refractivity contribution < 1.29 is 4.74 Å². The molecule has 0 unspecified atom stereocenters. The van der Waals surface area contributed by atoms with Gasteiger partial charge in [-0.1, -0.05) is 19.8 Å². The standard InChI is InChI=1S/C10H21NO/c1-2-3-4-7-12-9-10-5-6-11-8-10/h10-11H,2-9H2,1H3/t10-/m0/s1. The molecule has 0 spiro atoms. The molecule has 0 aromatic carbocycles. The van der Waals surface area contributed by atoms with Crippen LogP contribution < -0.4 is 5.32 Å². The highest BCUT2D eigenvalue weighted by Crippen LogP contribution is 2.07. The van der Waals surface area contributed by atoms with Crippen LogP contribution in [0.3, 0.4) is 0 Å². The van der Waals surface area contributed by atoms with Crippen LogP contribution in [0.4, 0.5) is 0 Å². The fourth-order valence-electron chi connectivity index (χ4n) is 1.56. The van der Waals surface area contributed by atoms with Crippen LogP contribution in [0.25, 0.3) is 0 Å². The van der Waals surface area contributed by atoms with E-state index in [1.54, 1.807) is 0 Å². The minimum atomic E-state index is 0.784. The molecular formula is C10H21NO. The van der Waals surface area contributed by atoms with E-state index in [2.05, 4.69) is 12.2 Å². The Bertz CT molecular complexity index is 100. The third-order valence-electron chi connectivity index (χ3n) is 2.41. The van der Waals surface area contributed by atoms with Gasteiger partial charge in [0.05, 0.1) is 6.61 Å². The van der Waals surface area contributed by atoms with Gasteiger partial charge in [0.25, 0.3) is 0 Å². The first-order valence-electron chi connectivity index (χ1n) is 5.22. The second kappa shape index (κ2) is 6.44. The van der Waals surface area contributed by atoms with Gasteiger partial charge in [0.15, 0.2) is 0 Å². The zero-order valence-electron chi connectivity index (χ0n) is 8.14. The van der Waals surface area contributed by atoms with Crippen molar-refractivity contribution in [1.82, 2.24) is 5.32 Å². The first kappa shape index (κ1) is 10.0. The Morgan fingerprint density at radius 2 is 2.33 bits per heavy atom. The van der Waals surface area contributed by atoms with E-state index in [9.17, 15) is 0 Å². The number of ether oxygens (including phenoxy) is 1. The second-order valence-corrected chi connectivity index (χ2v) is 3.64. The van der Waals surface area contributed by atoms with Gasteiger partial charge in [-0.2, -0.15) is 0 Å². The molecule has 0 bridgehead atoms. The summed E-state index contributed by atoms with van der Waals surface area (Å²) in [6.07, 6.45) is 5.13. The molecule has 72 valence electrons. The molecule has 1 fully saturated rings. The average molecular weight is 171 g/mol. The molecule has 0 saturated carbocycles. The van der Waals surface area contributed by atoms with Crippen molar-refractivity contribution in [2.24, 2.45) is 5.92 Å². The van der Waals surface area contributed by atoms with Gasteiger partial charge in [0, 0.05) is 13.2 Å². The van der Waals surface area contributed by atoms with Gasteiger partial charge in [-0.05, 0) is 25.3 Å². The predicted octanol–water partition coefficient (Wildman–Crippen LogP) is 1.80. The molecule has 0 aromatic heterocycles. The highest BCUT2D eigenvalue weighted by molar-refractivity contribution is 4.70. The summed E-state index contributed by atoms with van der Waals surface area (Å²) in [4.78, 5) is 0. The third kappa shape index (κ3) is 4.07. The number of hydrogen-bond acceptors (Lipinski definition) is 2. The Labute approximate surface area is 75.7 Å². The average Bonchev–Trinajstić information content (AvgIpc) is 2.57. The van der Waals surface area contributed by atoms with Crippen LogP contribution in [-0.2, 0) is 4.74 Å². The molecule has 1 saturated heterocycles. The van der Waals surface area contributed by atoms with Crippen molar-refractivity contribution in [3.8, 4) is 0 Å². The van der Waals surface area contributed by atoms with Crippen molar-refractivity contribution in [2.75, 3.05) is 26.3 Å². The monoisotopic (exact) mass is 171 g/mol. The molecule has 12 heavy (non-hydrogen) atoms. The smallest absolute Gasteiger partial charge is 0.0506 e. The molecule has 0 aliphatic carbocycles. The largest absolute Gasteiger partial charge is 0.381 e. The van der Waals surface area contributed by atoms with Crippen LogP contribution in [0.1, 0.15) is 32.6 Å². The topological polar surface area (TPSA) is 21.3 Å². The number of hydrogen-bond donors (Lipinski definition) is 1. The molecule has 2 heteroatoms. The van der Waals surface area contributed by atoms with Crippen LogP contribution in [0.15, 0.2) is 0 Å². The van der Waals surface area contributed by atoms with Gasteiger partial charge >= 0.3 is 0 Å². The normalized spacial score (nSPS) is 23.2. The van der Waals surface area contributed by atoms with Gasteiger partial charge < -0.3 is 10.1 Å². The maximum Gasteiger partial charge on any atom is 0.0506 e. The Kier molecular flexibility index (Phi) is 5.37. The summed E-state index contributed by atoms with van der Waals surface area (Å²) < 4.78 is 5.58. The van der Waals surface area contributed by atoms with E-state index in [4.69, 9.17) is 4.74 Å². The van der Waals surface area contributed by atoms with Crippen LogP contribution in [0, 0.1) is 5.92 Å². The fraction of sp³-hybridized carbons (Fsp3) is 1.00. The first-order valence-corrected chi connectivity index (χ1v) is 5.22. The highest BCUT2D eigenvalue weighted by Gasteiger charge is 2.13. The maximum absolute atomic E-state index is 5.58.